The SMILES string of the molecule is CN(C(=O)CCc1nc(C(C)(C)C)no1)[C@@H]1[C@H]2CCO[C@H]2C1(C)C. The van der Waals surface area contributed by atoms with Crippen molar-refractivity contribution in [2.24, 2.45) is 11.3 Å². The molecule has 1 aliphatic heterocycles. The lowest BCUT2D eigenvalue weighted by Crippen LogP contribution is -2.66. The van der Waals surface area contributed by atoms with Gasteiger partial charge in [-0.1, -0.05) is 39.8 Å². The lowest BCUT2D eigenvalue weighted by Gasteiger charge is -2.57. The number of ether oxygens (including phenoxy) is 1. The Morgan fingerprint density at radius 2 is 2.08 bits per heavy atom. The standard InChI is InChI=1S/C18H29N3O3/c1-17(2,3)16-19-12(24-20-16)7-8-13(22)21(6)14-11-9-10-23-15(11)18(14,4)5/h11,14-15H,7-10H2,1-6H3/t11-,14-,15-/m1/s1. The number of aryl methyl sites for hydroxylation is 1. The van der Waals surface area contributed by atoms with Crippen LogP contribution in [0.25, 0.3) is 0 Å². The molecule has 6 heteroatoms. The summed E-state index contributed by atoms with van der Waals surface area (Å²) in [5, 5.41) is 4.01. The zero-order valence-corrected chi connectivity index (χ0v) is 15.6. The van der Waals surface area contributed by atoms with Crippen molar-refractivity contribution in [2.45, 2.75) is 71.4 Å². The highest BCUT2D eigenvalue weighted by molar-refractivity contribution is 5.76. The van der Waals surface area contributed by atoms with Crippen LogP contribution in [0.1, 0.15) is 59.2 Å². The van der Waals surface area contributed by atoms with E-state index in [-0.39, 0.29) is 22.8 Å². The molecule has 1 saturated heterocycles. The first kappa shape index (κ1) is 17.4. The van der Waals surface area contributed by atoms with E-state index in [0.29, 0.717) is 36.6 Å². The van der Waals surface area contributed by atoms with Gasteiger partial charge in [-0.3, -0.25) is 4.79 Å². The molecule has 1 aliphatic carbocycles. The summed E-state index contributed by atoms with van der Waals surface area (Å²) < 4.78 is 11.1. The summed E-state index contributed by atoms with van der Waals surface area (Å²) in [5.41, 5.74) is -0.120. The van der Waals surface area contributed by atoms with E-state index in [4.69, 9.17) is 9.26 Å². The van der Waals surface area contributed by atoms with Crippen LogP contribution in [0.15, 0.2) is 4.52 Å². The highest BCUT2D eigenvalue weighted by atomic mass is 16.5. The van der Waals surface area contributed by atoms with Gasteiger partial charge in [-0.25, -0.2) is 0 Å². The number of fused-ring (bicyclic) bond motifs is 1. The summed E-state index contributed by atoms with van der Waals surface area (Å²) >= 11 is 0. The Labute approximate surface area is 143 Å². The van der Waals surface area contributed by atoms with Crippen LogP contribution in [0.3, 0.4) is 0 Å². The molecule has 24 heavy (non-hydrogen) atoms. The molecule has 3 atom stereocenters. The minimum Gasteiger partial charge on any atom is -0.377 e. The topological polar surface area (TPSA) is 68.5 Å². The molecule has 0 aromatic carbocycles. The van der Waals surface area contributed by atoms with Gasteiger partial charge in [0, 0.05) is 49.3 Å². The summed E-state index contributed by atoms with van der Waals surface area (Å²) in [7, 11) is 1.91. The first-order valence-corrected chi connectivity index (χ1v) is 8.82. The van der Waals surface area contributed by atoms with Crippen LogP contribution >= 0.6 is 0 Å². The van der Waals surface area contributed by atoms with Gasteiger partial charge in [0.25, 0.3) is 0 Å². The van der Waals surface area contributed by atoms with Crippen molar-refractivity contribution >= 4 is 5.91 Å². The van der Waals surface area contributed by atoms with Crippen LogP contribution in [0.4, 0.5) is 0 Å². The molecule has 6 nitrogen and oxygen atoms in total. The molecule has 0 bridgehead atoms. The second kappa shape index (κ2) is 5.83. The van der Waals surface area contributed by atoms with Gasteiger partial charge >= 0.3 is 0 Å². The van der Waals surface area contributed by atoms with Gasteiger partial charge in [-0.15, -0.1) is 0 Å². The Hall–Kier alpha value is -1.43. The van der Waals surface area contributed by atoms with Crippen LogP contribution in [0.2, 0.25) is 0 Å². The molecule has 2 aliphatic rings. The fourth-order valence-electron chi connectivity index (χ4n) is 4.29. The second-order valence-electron chi connectivity index (χ2n) is 8.78. The zero-order chi connectivity index (χ0) is 17.7. The lowest BCUT2D eigenvalue weighted by molar-refractivity contribution is -0.167. The Bertz CT molecular complexity index is 617. The van der Waals surface area contributed by atoms with E-state index in [9.17, 15) is 4.79 Å². The van der Waals surface area contributed by atoms with Crippen molar-refractivity contribution in [3.63, 3.8) is 0 Å². The number of nitrogens with zero attached hydrogens (tertiary/aromatic N) is 3. The van der Waals surface area contributed by atoms with E-state index in [1.54, 1.807) is 0 Å². The maximum absolute atomic E-state index is 12.6. The molecule has 0 spiro atoms. The molecule has 2 heterocycles. The highest BCUT2D eigenvalue weighted by Gasteiger charge is 2.61. The van der Waals surface area contributed by atoms with E-state index in [0.717, 1.165) is 13.0 Å². The minimum absolute atomic E-state index is 0.0233. The Morgan fingerprint density at radius 1 is 1.38 bits per heavy atom. The molecular formula is C18H29N3O3. The summed E-state index contributed by atoms with van der Waals surface area (Å²) in [6.07, 6.45) is 2.23. The minimum atomic E-state index is -0.143. The van der Waals surface area contributed by atoms with Crippen LogP contribution in [0, 0.1) is 11.3 Å². The van der Waals surface area contributed by atoms with Gasteiger partial charge < -0.3 is 14.2 Å². The van der Waals surface area contributed by atoms with Crippen LogP contribution in [-0.4, -0.2) is 46.7 Å². The Kier molecular flexibility index (Phi) is 4.22. The lowest BCUT2D eigenvalue weighted by atomic mass is 9.57. The third-order valence-corrected chi connectivity index (χ3v) is 5.54. The predicted octanol–water partition coefficient (Wildman–Crippen LogP) is 2.57. The smallest absolute Gasteiger partial charge is 0.227 e. The predicted molar refractivity (Wildman–Crippen MR) is 89.5 cm³/mol. The zero-order valence-electron chi connectivity index (χ0n) is 15.6. The van der Waals surface area contributed by atoms with Crippen LogP contribution in [-0.2, 0) is 21.4 Å². The molecule has 0 radical (unpaired) electrons. The van der Waals surface area contributed by atoms with Crippen molar-refractivity contribution < 1.29 is 14.1 Å². The monoisotopic (exact) mass is 335 g/mol. The van der Waals surface area contributed by atoms with Crippen molar-refractivity contribution in [3.05, 3.63) is 11.7 Å². The maximum atomic E-state index is 12.6. The van der Waals surface area contributed by atoms with Gasteiger partial charge in [-0.05, 0) is 6.42 Å². The van der Waals surface area contributed by atoms with E-state index in [1.165, 1.54) is 0 Å². The van der Waals surface area contributed by atoms with Crippen LogP contribution < -0.4 is 0 Å². The largest absolute Gasteiger partial charge is 0.377 e. The van der Waals surface area contributed by atoms with Crippen molar-refractivity contribution in [1.82, 2.24) is 15.0 Å². The van der Waals surface area contributed by atoms with E-state index < -0.39 is 0 Å². The molecule has 0 unspecified atom stereocenters. The first-order valence-electron chi connectivity index (χ1n) is 8.82. The van der Waals surface area contributed by atoms with Gasteiger partial charge in [0.1, 0.15) is 0 Å². The van der Waals surface area contributed by atoms with Crippen LogP contribution in [0.5, 0.6) is 0 Å². The summed E-state index contributed by atoms with van der Waals surface area (Å²) in [5.74, 6) is 1.83. The molecule has 1 saturated carbocycles. The molecule has 3 rings (SSSR count). The maximum Gasteiger partial charge on any atom is 0.227 e. The fraction of sp³-hybridized carbons (Fsp3) is 0.833. The van der Waals surface area contributed by atoms with Crippen molar-refractivity contribution in [3.8, 4) is 0 Å². The van der Waals surface area contributed by atoms with Gasteiger partial charge in [0.05, 0.1) is 6.10 Å². The number of rotatable bonds is 4. The molecule has 1 amide bonds. The van der Waals surface area contributed by atoms with Gasteiger partial charge in [0.15, 0.2) is 5.82 Å². The molecule has 1 aromatic heterocycles. The van der Waals surface area contributed by atoms with Gasteiger partial charge in [0.2, 0.25) is 11.8 Å². The number of hydrogen-bond acceptors (Lipinski definition) is 5. The quantitative estimate of drug-likeness (QED) is 0.846. The molecular weight excluding hydrogens is 306 g/mol. The number of carbonyl (C=O) groups is 1. The molecule has 134 valence electrons. The number of aromatic nitrogens is 2. The van der Waals surface area contributed by atoms with E-state index in [1.807, 2.05) is 32.7 Å². The first-order chi connectivity index (χ1) is 11.1. The number of amides is 1. The molecule has 2 fully saturated rings. The second-order valence-corrected chi connectivity index (χ2v) is 8.78. The average Bonchev–Trinajstić information content (AvgIpc) is 3.11. The summed E-state index contributed by atoms with van der Waals surface area (Å²) in [4.78, 5) is 18.9. The molecule has 0 N–H and O–H groups in total. The van der Waals surface area contributed by atoms with E-state index in [2.05, 4.69) is 24.0 Å². The van der Waals surface area contributed by atoms with E-state index >= 15 is 0 Å². The highest BCUT2D eigenvalue weighted by Crippen LogP contribution is 2.54. The molecule has 1 aromatic rings. The third kappa shape index (κ3) is 2.85. The number of hydrogen-bond donors (Lipinski definition) is 0. The summed E-state index contributed by atoms with van der Waals surface area (Å²) in [6, 6.07) is 0.255. The fourth-order valence-corrected chi connectivity index (χ4v) is 4.29. The average molecular weight is 335 g/mol. The van der Waals surface area contributed by atoms with Gasteiger partial charge in [-0.2, -0.15) is 4.98 Å². The summed E-state index contributed by atoms with van der Waals surface area (Å²) in [6.45, 7) is 11.3. The normalized spacial score (nSPS) is 28.3. The Balaban J connectivity index is 1.58. The third-order valence-electron chi connectivity index (χ3n) is 5.54. The number of carbonyl (C=O) groups excluding carboxylic acids is 1. The van der Waals surface area contributed by atoms with Crippen molar-refractivity contribution in [2.75, 3.05) is 13.7 Å². The Morgan fingerprint density at radius 3 is 2.71 bits per heavy atom. The van der Waals surface area contributed by atoms with Crippen molar-refractivity contribution in [1.29, 1.82) is 0 Å².